The number of unbranched alkanes of at least 4 members (excludes halogenated alkanes) is 20. The van der Waals surface area contributed by atoms with E-state index in [1.165, 1.54) is 200 Å². The van der Waals surface area contributed by atoms with Gasteiger partial charge in [0.15, 0.2) is 0 Å². The Morgan fingerprint density at radius 2 is 0.468 bits per heavy atom. The highest BCUT2D eigenvalue weighted by molar-refractivity contribution is 7.99. The van der Waals surface area contributed by atoms with Gasteiger partial charge in [0.05, 0.1) is 19.6 Å². The molecule has 0 aliphatic rings. The lowest BCUT2D eigenvalue weighted by Crippen LogP contribution is -1.89. The van der Waals surface area contributed by atoms with E-state index in [1.54, 1.807) is 24.3 Å². The van der Waals surface area contributed by atoms with Crippen LogP contribution in [0.4, 0.5) is 0 Å². The van der Waals surface area contributed by atoms with Crippen LogP contribution in [-0.4, -0.2) is 20.4 Å². The summed E-state index contributed by atoms with van der Waals surface area (Å²) >= 11 is 2.94. The number of hydrogen-bond acceptors (Lipinski definition) is 6. The molecule has 0 fully saturated rings. The highest BCUT2D eigenvalue weighted by atomic mass is 32.2. The number of phenols is 4. The zero-order valence-electron chi connectivity index (χ0n) is 39.3. The first-order chi connectivity index (χ1) is 30.3. The Hall–Kier alpha value is -3.22. The largest absolute Gasteiger partial charge is 0.507 e. The lowest BCUT2D eigenvalue weighted by molar-refractivity contribution is 0.458. The molecule has 0 amide bonds. The third-order valence-electron chi connectivity index (χ3n) is 11.8. The number of aromatic hydroxyl groups is 4. The van der Waals surface area contributed by atoms with Crippen molar-refractivity contribution in [2.24, 2.45) is 0 Å². The van der Waals surface area contributed by atoms with Crippen LogP contribution >= 0.6 is 23.5 Å². The van der Waals surface area contributed by atoms with Gasteiger partial charge in [0.1, 0.15) is 23.0 Å². The quantitative estimate of drug-likeness (QED) is 0.0366. The fourth-order valence-corrected chi connectivity index (χ4v) is 9.86. The molecule has 0 spiro atoms. The highest BCUT2D eigenvalue weighted by Gasteiger charge is 2.12. The minimum absolute atomic E-state index is 0.289. The fraction of sp³-hybridized carbons (Fsp3) is 0.571. The Morgan fingerprint density at radius 1 is 0.274 bits per heavy atom. The van der Waals surface area contributed by atoms with E-state index in [4.69, 9.17) is 0 Å². The second-order valence-corrected chi connectivity index (χ2v) is 19.7. The number of hydrogen-bond donors (Lipinski definition) is 4. The van der Waals surface area contributed by atoms with Crippen LogP contribution in [0.5, 0.6) is 23.0 Å². The van der Waals surface area contributed by atoms with Gasteiger partial charge in [0, 0.05) is 0 Å². The average molecular weight is 885 g/mol. The number of rotatable bonds is 32. The molecule has 0 aromatic heterocycles. The molecule has 0 radical (unpaired) electrons. The van der Waals surface area contributed by atoms with Gasteiger partial charge in [-0.1, -0.05) is 204 Å². The summed E-state index contributed by atoms with van der Waals surface area (Å²) in [6.45, 7) is 8.99. The summed E-state index contributed by atoms with van der Waals surface area (Å²) in [5.41, 5.74) is 5.05. The molecule has 4 nitrogen and oxygen atoms in total. The van der Waals surface area contributed by atoms with Crippen LogP contribution in [0.3, 0.4) is 0 Å². The maximum atomic E-state index is 10.4. The van der Waals surface area contributed by atoms with Gasteiger partial charge in [-0.05, 0) is 122 Å². The van der Waals surface area contributed by atoms with Gasteiger partial charge in [0.25, 0.3) is 0 Å². The smallest absolute Gasteiger partial charge is 0.129 e. The summed E-state index contributed by atoms with van der Waals surface area (Å²) < 4.78 is 0. The van der Waals surface area contributed by atoms with Gasteiger partial charge in [-0.2, -0.15) is 0 Å². The first kappa shape index (κ1) is 53.1. The third kappa shape index (κ3) is 22.4. The fourth-order valence-electron chi connectivity index (χ4n) is 7.86. The monoisotopic (exact) mass is 885 g/mol. The second-order valence-electron chi connectivity index (χ2n) is 17.5. The first-order valence-corrected chi connectivity index (χ1v) is 26.5. The molecule has 4 N–H and O–H groups in total. The molecule has 0 heterocycles. The van der Waals surface area contributed by atoms with Crippen molar-refractivity contribution in [3.8, 4) is 23.0 Å². The normalized spacial score (nSPS) is 11.2. The number of benzene rings is 4. The van der Waals surface area contributed by atoms with Crippen LogP contribution in [0, 0.1) is 0 Å². The minimum atomic E-state index is 0.289. The maximum Gasteiger partial charge on any atom is 0.129 e. The van der Waals surface area contributed by atoms with Crippen molar-refractivity contribution in [3.63, 3.8) is 0 Å². The highest BCUT2D eigenvalue weighted by Crippen LogP contribution is 2.41. The van der Waals surface area contributed by atoms with Crippen molar-refractivity contribution in [1.29, 1.82) is 0 Å². The van der Waals surface area contributed by atoms with Gasteiger partial charge in [-0.3, -0.25) is 0 Å². The summed E-state index contributed by atoms with van der Waals surface area (Å²) in [5.74, 6) is 1.16. The molecule has 0 bridgehead atoms. The lowest BCUT2D eigenvalue weighted by Gasteiger charge is -2.11. The Bertz CT molecular complexity index is 1520. The third-order valence-corrected chi connectivity index (χ3v) is 14.0. The van der Waals surface area contributed by atoms with Gasteiger partial charge < -0.3 is 20.4 Å². The van der Waals surface area contributed by atoms with E-state index >= 15 is 0 Å². The second kappa shape index (κ2) is 33.3. The van der Waals surface area contributed by atoms with Crippen LogP contribution in [-0.2, 0) is 25.7 Å². The van der Waals surface area contributed by atoms with Crippen molar-refractivity contribution in [3.05, 3.63) is 95.1 Å². The number of phenolic OH excluding ortho intramolecular Hbond substituents is 4. The summed E-state index contributed by atoms with van der Waals surface area (Å²) in [6, 6.07) is 23.7. The molecule has 0 atom stereocenters. The molecular formula is C56H84O4S2. The molecular weight excluding hydrogens is 801 g/mol. The summed E-state index contributed by atoms with van der Waals surface area (Å²) in [4.78, 5) is 3.32. The van der Waals surface area contributed by atoms with Gasteiger partial charge >= 0.3 is 0 Å². The Kier molecular flexibility index (Phi) is 28.5. The van der Waals surface area contributed by atoms with Crippen molar-refractivity contribution < 1.29 is 20.4 Å². The zero-order valence-corrected chi connectivity index (χ0v) is 41.0. The lowest BCUT2D eigenvalue weighted by atomic mass is 10.0. The van der Waals surface area contributed by atoms with E-state index in [0.717, 1.165) is 45.3 Å². The van der Waals surface area contributed by atoms with Crippen LogP contribution in [0.2, 0.25) is 0 Å². The van der Waals surface area contributed by atoms with Crippen LogP contribution in [0.15, 0.2) is 92.4 Å². The van der Waals surface area contributed by atoms with E-state index in [2.05, 4.69) is 52.0 Å². The van der Waals surface area contributed by atoms with Crippen LogP contribution < -0.4 is 0 Å². The standard InChI is InChI=1S/2C28H42O2S/c2*1-3-5-7-9-11-13-15-23-17-19-25(29)27(21-23)31-28-22-24(18-20-26(28)30)16-14-12-10-8-6-4-2/h2*17-22,29-30H,3-16H2,1-2H3. The van der Waals surface area contributed by atoms with Gasteiger partial charge in [-0.25, -0.2) is 0 Å². The van der Waals surface area contributed by atoms with Crippen molar-refractivity contribution in [2.45, 2.75) is 227 Å². The summed E-state index contributed by atoms with van der Waals surface area (Å²) in [7, 11) is 0. The molecule has 0 aliphatic heterocycles. The topological polar surface area (TPSA) is 80.9 Å². The molecule has 0 unspecified atom stereocenters. The predicted molar refractivity (Wildman–Crippen MR) is 269 cm³/mol. The number of aryl methyl sites for hydroxylation is 4. The van der Waals surface area contributed by atoms with E-state index < -0.39 is 0 Å². The molecule has 0 aliphatic carbocycles. The average Bonchev–Trinajstić information content (AvgIpc) is 3.27. The van der Waals surface area contributed by atoms with Crippen molar-refractivity contribution in [2.75, 3.05) is 0 Å². The van der Waals surface area contributed by atoms with Crippen molar-refractivity contribution >= 4 is 23.5 Å². The summed E-state index contributed by atoms with van der Waals surface area (Å²) in [5, 5.41) is 41.5. The van der Waals surface area contributed by atoms with Crippen molar-refractivity contribution in [1.82, 2.24) is 0 Å². The van der Waals surface area contributed by atoms with Gasteiger partial charge in [-0.15, -0.1) is 0 Å². The molecule has 344 valence electrons. The molecule has 4 aromatic rings. The molecule has 4 rings (SSSR count). The van der Waals surface area contributed by atoms with E-state index in [0.29, 0.717) is 0 Å². The van der Waals surface area contributed by atoms with Crippen LogP contribution in [0.1, 0.15) is 204 Å². The van der Waals surface area contributed by atoms with Crippen LogP contribution in [0.25, 0.3) is 0 Å². The van der Waals surface area contributed by atoms with E-state index in [-0.39, 0.29) is 23.0 Å². The van der Waals surface area contributed by atoms with E-state index in [1.807, 2.05) is 24.3 Å². The first-order valence-electron chi connectivity index (χ1n) is 24.9. The predicted octanol–water partition coefficient (Wildman–Crippen LogP) is 18.1. The molecule has 6 heteroatoms. The Labute approximate surface area is 387 Å². The maximum absolute atomic E-state index is 10.4. The zero-order chi connectivity index (χ0) is 44.6. The summed E-state index contributed by atoms with van der Waals surface area (Å²) in [6.07, 6.45) is 35.1. The molecule has 0 saturated carbocycles. The Morgan fingerprint density at radius 3 is 0.677 bits per heavy atom. The van der Waals surface area contributed by atoms with Gasteiger partial charge in [0.2, 0.25) is 0 Å². The molecule has 4 aromatic carbocycles. The molecule has 0 saturated heterocycles. The molecule has 62 heavy (non-hydrogen) atoms. The Balaban J connectivity index is 0.000000330. The minimum Gasteiger partial charge on any atom is -0.507 e. The van der Waals surface area contributed by atoms with E-state index in [9.17, 15) is 20.4 Å². The SMILES string of the molecule is CCCCCCCCc1ccc(O)c(Sc2cc(CCCCCCCC)ccc2O)c1.CCCCCCCCc1ccc(O)c(Sc2cc(CCCCCCCC)ccc2O)c1.